The first-order valence-corrected chi connectivity index (χ1v) is 4.63. The Morgan fingerprint density at radius 1 is 1.69 bits per heavy atom. The van der Waals surface area contributed by atoms with E-state index in [2.05, 4.69) is 25.7 Å². The highest BCUT2D eigenvalue weighted by atomic mass is 79.9. The Bertz CT molecular complexity index is 236. The van der Waals surface area contributed by atoms with E-state index in [4.69, 9.17) is 0 Å². The van der Waals surface area contributed by atoms with Gasteiger partial charge >= 0.3 is 0 Å². The van der Waals surface area contributed by atoms with Crippen LogP contribution in [0.25, 0.3) is 0 Å². The number of ether oxygens (including phenoxy) is 1. The van der Waals surface area contributed by atoms with Crippen molar-refractivity contribution in [3.05, 3.63) is 28.5 Å². The van der Waals surface area contributed by atoms with Gasteiger partial charge in [0.25, 0.3) is 6.47 Å². The van der Waals surface area contributed by atoms with Crippen molar-refractivity contribution in [2.24, 2.45) is 0 Å². The van der Waals surface area contributed by atoms with E-state index >= 15 is 0 Å². The maximum absolute atomic E-state index is 9.18. The second kappa shape index (κ2) is 7.73. The van der Waals surface area contributed by atoms with Gasteiger partial charge in [-0.25, -0.2) is 0 Å². The average Bonchev–Trinajstić information content (AvgIpc) is 2.06. The Morgan fingerprint density at radius 3 is 2.62 bits per heavy atom. The third-order valence-electron chi connectivity index (χ3n) is 1.09. The zero-order chi connectivity index (χ0) is 10.1. The molecule has 0 aliphatic carbocycles. The van der Waals surface area contributed by atoms with Crippen molar-refractivity contribution in [3.8, 4) is 0 Å². The van der Waals surface area contributed by atoms with Gasteiger partial charge in [-0.3, -0.25) is 9.78 Å². The van der Waals surface area contributed by atoms with E-state index in [-0.39, 0.29) is 0 Å². The quantitative estimate of drug-likeness (QED) is 0.752. The Hall–Kier alpha value is -0.900. The number of pyridine rings is 1. The molecule has 13 heavy (non-hydrogen) atoms. The maximum Gasteiger partial charge on any atom is 0.293 e. The molecule has 1 rings (SSSR count). The number of hydrogen-bond donors (Lipinski definition) is 0. The lowest BCUT2D eigenvalue weighted by molar-refractivity contribution is -0.128. The van der Waals surface area contributed by atoms with Gasteiger partial charge in [-0.1, -0.05) is 15.9 Å². The fourth-order valence-corrected chi connectivity index (χ4v) is 1.03. The van der Waals surface area contributed by atoms with Crippen molar-refractivity contribution in [2.45, 2.75) is 13.8 Å². The van der Waals surface area contributed by atoms with Gasteiger partial charge < -0.3 is 4.74 Å². The van der Waals surface area contributed by atoms with E-state index < -0.39 is 0 Å². The van der Waals surface area contributed by atoms with Crippen LogP contribution < -0.4 is 0 Å². The standard InChI is InChI=1S/C6H6BrN.C3H6O2/c1-5-4-6(7)2-3-8-5;1-2-5-3-4/h2-4H,1H3;3H,2H2,1H3. The molecule has 0 bridgehead atoms. The summed E-state index contributed by atoms with van der Waals surface area (Å²) in [5.74, 6) is 0. The van der Waals surface area contributed by atoms with Crippen molar-refractivity contribution < 1.29 is 9.53 Å². The van der Waals surface area contributed by atoms with E-state index in [9.17, 15) is 4.79 Å². The maximum atomic E-state index is 9.18. The summed E-state index contributed by atoms with van der Waals surface area (Å²) >= 11 is 3.32. The molecule has 3 nitrogen and oxygen atoms in total. The van der Waals surface area contributed by atoms with Crippen LogP contribution in [0.5, 0.6) is 0 Å². The molecular weight excluding hydrogens is 234 g/mol. The van der Waals surface area contributed by atoms with E-state index in [1.807, 2.05) is 19.1 Å². The molecule has 0 N–H and O–H groups in total. The zero-order valence-electron chi connectivity index (χ0n) is 7.66. The highest BCUT2D eigenvalue weighted by Gasteiger charge is 1.83. The van der Waals surface area contributed by atoms with Gasteiger partial charge in [0, 0.05) is 16.4 Å². The van der Waals surface area contributed by atoms with Gasteiger partial charge in [0.15, 0.2) is 0 Å². The molecule has 0 spiro atoms. The molecule has 0 unspecified atom stereocenters. The van der Waals surface area contributed by atoms with Gasteiger partial charge in [-0.15, -0.1) is 0 Å². The first-order valence-electron chi connectivity index (χ1n) is 3.84. The molecule has 0 aromatic carbocycles. The Morgan fingerprint density at radius 2 is 2.38 bits per heavy atom. The summed E-state index contributed by atoms with van der Waals surface area (Å²) in [6.45, 7) is 4.63. The highest BCUT2D eigenvalue weighted by Crippen LogP contribution is 2.07. The van der Waals surface area contributed by atoms with E-state index in [0.717, 1.165) is 10.2 Å². The largest absolute Gasteiger partial charge is 0.468 e. The number of nitrogens with zero attached hydrogens (tertiary/aromatic N) is 1. The van der Waals surface area contributed by atoms with Crippen LogP contribution >= 0.6 is 15.9 Å². The third-order valence-corrected chi connectivity index (χ3v) is 1.59. The third kappa shape index (κ3) is 7.46. The second-order valence-electron chi connectivity index (χ2n) is 2.17. The lowest BCUT2D eigenvalue weighted by atomic mass is 10.4. The molecule has 0 atom stereocenters. The number of carbonyl (C=O) groups excluding carboxylic acids is 1. The summed E-state index contributed by atoms with van der Waals surface area (Å²) in [5, 5.41) is 0. The van der Waals surface area contributed by atoms with Crippen LogP contribution in [0.3, 0.4) is 0 Å². The first kappa shape index (κ1) is 12.1. The van der Waals surface area contributed by atoms with Crippen molar-refractivity contribution in [1.29, 1.82) is 0 Å². The molecule has 0 radical (unpaired) electrons. The monoisotopic (exact) mass is 245 g/mol. The molecule has 72 valence electrons. The van der Waals surface area contributed by atoms with Crippen molar-refractivity contribution in [3.63, 3.8) is 0 Å². The summed E-state index contributed by atoms with van der Waals surface area (Å²) in [5.41, 5.74) is 1.04. The van der Waals surface area contributed by atoms with Gasteiger partial charge in [0.05, 0.1) is 6.61 Å². The second-order valence-corrected chi connectivity index (χ2v) is 3.08. The SMILES string of the molecule is CCOC=O.Cc1cc(Br)ccn1. The summed E-state index contributed by atoms with van der Waals surface area (Å²) in [4.78, 5) is 13.2. The number of aryl methyl sites for hydroxylation is 1. The van der Waals surface area contributed by atoms with E-state index in [0.29, 0.717) is 13.1 Å². The smallest absolute Gasteiger partial charge is 0.293 e. The van der Waals surface area contributed by atoms with Crippen LogP contribution in [0.2, 0.25) is 0 Å². The molecule has 4 heteroatoms. The van der Waals surface area contributed by atoms with Crippen LogP contribution in [0, 0.1) is 6.92 Å². The number of halogens is 1. The number of hydrogen-bond acceptors (Lipinski definition) is 3. The minimum absolute atomic E-state index is 0.431. The highest BCUT2D eigenvalue weighted by molar-refractivity contribution is 9.10. The molecule has 1 aromatic heterocycles. The molecule has 0 saturated heterocycles. The van der Waals surface area contributed by atoms with Crippen LogP contribution in [0.1, 0.15) is 12.6 Å². The van der Waals surface area contributed by atoms with Crippen LogP contribution in [0.4, 0.5) is 0 Å². The molecule has 0 amide bonds. The molecule has 0 fully saturated rings. The normalized spacial score (nSPS) is 8.23. The Kier molecular flexibility index (Phi) is 7.20. The topological polar surface area (TPSA) is 39.2 Å². The number of carbonyl (C=O) groups is 1. The number of rotatable bonds is 2. The van der Waals surface area contributed by atoms with E-state index in [1.54, 1.807) is 13.1 Å². The molecule has 0 aliphatic rings. The minimum Gasteiger partial charge on any atom is -0.468 e. The lowest BCUT2D eigenvalue weighted by Crippen LogP contribution is -1.80. The molecular formula is C9H12BrNO2. The Balaban J connectivity index is 0.000000252. The fourth-order valence-electron chi connectivity index (χ4n) is 0.579. The zero-order valence-corrected chi connectivity index (χ0v) is 9.24. The first-order chi connectivity index (χ1) is 6.20. The van der Waals surface area contributed by atoms with Crippen LogP contribution in [-0.2, 0) is 9.53 Å². The van der Waals surface area contributed by atoms with E-state index in [1.165, 1.54) is 0 Å². The molecule has 1 aromatic rings. The molecule has 0 aliphatic heterocycles. The van der Waals surface area contributed by atoms with Crippen molar-refractivity contribution in [1.82, 2.24) is 4.98 Å². The summed E-state index contributed by atoms with van der Waals surface area (Å²) in [6, 6.07) is 3.88. The van der Waals surface area contributed by atoms with Gasteiger partial charge in [-0.2, -0.15) is 0 Å². The van der Waals surface area contributed by atoms with Gasteiger partial charge in [0.1, 0.15) is 0 Å². The van der Waals surface area contributed by atoms with Gasteiger partial charge in [0.2, 0.25) is 0 Å². The summed E-state index contributed by atoms with van der Waals surface area (Å²) in [7, 11) is 0. The average molecular weight is 246 g/mol. The lowest BCUT2D eigenvalue weighted by Gasteiger charge is -1.88. The summed E-state index contributed by atoms with van der Waals surface area (Å²) in [6.07, 6.45) is 1.78. The van der Waals surface area contributed by atoms with Crippen molar-refractivity contribution >= 4 is 22.4 Å². The fraction of sp³-hybridized carbons (Fsp3) is 0.333. The molecule has 1 heterocycles. The number of aromatic nitrogens is 1. The summed E-state index contributed by atoms with van der Waals surface area (Å²) < 4.78 is 5.24. The van der Waals surface area contributed by atoms with Crippen LogP contribution in [-0.4, -0.2) is 18.1 Å². The predicted octanol–water partition coefficient (Wildman–Crippen LogP) is 2.33. The van der Waals surface area contributed by atoms with Crippen molar-refractivity contribution in [2.75, 3.05) is 6.61 Å². The predicted molar refractivity (Wildman–Crippen MR) is 54.4 cm³/mol. The van der Waals surface area contributed by atoms with Crippen LogP contribution in [0.15, 0.2) is 22.8 Å². The van der Waals surface area contributed by atoms with Gasteiger partial charge in [-0.05, 0) is 26.0 Å². The molecule has 0 saturated carbocycles. The minimum atomic E-state index is 0.431. The Labute approximate surface area is 86.3 Å².